The number of hydrogen-bond acceptors (Lipinski definition) is 6. The van der Waals surface area contributed by atoms with Gasteiger partial charge in [-0.15, -0.1) is 0 Å². The third-order valence-electron chi connectivity index (χ3n) is 4.15. The number of rotatable bonds is 7. The molecule has 2 heterocycles. The zero-order valence-electron chi connectivity index (χ0n) is 16.4. The second-order valence-electron chi connectivity index (χ2n) is 6.63. The van der Waals surface area contributed by atoms with Crippen molar-refractivity contribution in [2.45, 2.75) is 33.2 Å². The van der Waals surface area contributed by atoms with E-state index < -0.39 is 0 Å². The molecule has 7 heteroatoms. The van der Waals surface area contributed by atoms with Crippen LogP contribution >= 0.6 is 0 Å². The first-order valence-electron chi connectivity index (χ1n) is 8.99. The van der Waals surface area contributed by atoms with Gasteiger partial charge in [-0.3, -0.25) is 4.79 Å². The Hall–Kier alpha value is -3.35. The predicted octanol–water partition coefficient (Wildman–Crippen LogP) is 4.23. The zero-order chi connectivity index (χ0) is 20.1. The molecule has 0 saturated carbocycles. The Morgan fingerprint density at radius 2 is 2.00 bits per heavy atom. The fourth-order valence-electron chi connectivity index (χ4n) is 2.69. The number of aryl methyl sites for hydroxylation is 1. The highest BCUT2D eigenvalue weighted by Crippen LogP contribution is 2.24. The van der Waals surface area contributed by atoms with Crippen LogP contribution < -0.4 is 14.8 Å². The molecule has 0 atom stereocenters. The minimum absolute atomic E-state index is 0.0802. The Balaban J connectivity index is 1.62. The van der Waals surface area contributed by atoms with E-state index in [1.807, 2.05) is 38.1 Å². The van der Waals surface area contributed by atoms with Gasteiger partial charge in [0.2, 0.25) is 5.88 Å². The fraction of sp³-hybridized carbons (Fsp3) is 0.286. The lowest BCUT2D eigenvalue weighted by atomic mass is 10.0. The summed E-state index contributed by atoms with van der Waals surface area (Å²) in [6.07, 6.45) is 1.67. The molecule has 0 saturated heterocycles. The summed E-state index contributed by atoms with van der Waals surface area (Å²) in [5.41, 5.74) is 1.94. The maximum absolute atomic E-state index is 12.5. The van der Waals surface area contributed by atoms with Crippen molar-refractivity contribution in [3.05, 3.63) is 65.2 Å². The minimum atomic E-state index is -0.209. The normalized spacial score (nSPS) is 10.8. The lowest BCUT2D eigenvalue weighted by molar-refractivity contribution is 0.0948. The molecule has 0 aliphatic carbocycles. The highest BCUT2D eigenvalue weighted by atomic mass is 16.5. The Morgan fingerprint density at radius 3 is 2.68 bits per heavy atom. The van der Waals surface area contributed by atoms with E-state index >= 15 is 0 Å². The van der Waals surface area contributed by atoms with E-state index in [-0.39, 0.29) is 11.8 Å². The predicted molar refractivity (Wildman–Crippen MR) is 104 cm³/mol. The van der Waals surface area contributed by atoms with Gasteiger partial charge in [0.05, 0.1) is 12.8 Å². The lowest BCUT2D eigenvalue weighted by Crippen LogP contribution is -2.24. The second kappa shape index (κ2) is 8.56. The number of nitrogens with zero attached hydrogens (tertiary/aromatic N) is 2. The molecule has 0 fully saturated rings. The summed E-state index contributed by atoms with van der Waals surface area (Å²) in [5.74, 6) is 2.27. The minimum Gasteiger partial charge on any atom is -0.497 e. The summed E-state index contributed by atoms with van der Waals surface area (Å²) in [4.78, 5) is 16.8. The van der Waals surface area contributed by atoms with E-state index in [9.17, 15) is 4.79 Å². The van der Waals surface area contributed by atoms with Crippen molar-refractivity contribution in [2.24, 2.45) is 0 Å². The average Bonchev–Trinajstić information content (AvgIpc) is 3.09. The molecule has 146 valence electrons. The van der Waals surface area contributed by atoms with E-state index in [0.29, 0.717) is 40.9 Å². The topological polar surface area (TPSA) is 86.5 Å². The largest absolute Gasteiger partial charge is 0.497 e. The number of aromatic nitrogens is 2. The Kier molecular flexibility index (Phi) is 5.93. The molecule has 28 heavy (non-hydrogen) atoms. The monoisotopic (exact) mass is 381 g/mol. The summed E-state index contributed by atoms with van der Waals surface area (Å²) in [6.45, 7) is 6.02. The van der Waals surface area contributed by atoms with E-state index in [4.69, 9.17) is 14.0 Å². The number of methoxy groups -OCH3 is 1. The van der Waals surface area contributed by atoms with Crippen LogP contribution in [0.2, 0.25) is 0 Å². The van der Waals surface area contributed by atoms with E-state index in [1.54, 1.807) is 32.4 Å². The standard InChI is InChI=1S/C21H23N3O4/c1-13(2)20-19(14(3)24-28-20)21(25)23-12-15-8-9-18(22-11-15)27-17-7-5-6-16(10-17)26-4/h5-11,13H,12H2,1-4H3,(H,23,25). The quantitative estimate of drug-likeness (QED) is 0.659. The molecular formula is C21H23N3O4. The Morgan fingerprint density at radius 1 is 1.21 bits per heavy atom. The van der Waals surface area contributed by atoms with Crippen LogP contribution in [0.15, 0.2) is 47.1 Å². The van der Waals surface area contributed by atoms with Crippen molar-refractivity contribution < 1.29 is 18.8 Å². The zero-order valence-corrected chi connectivity index (χ0v) is 16.4. The van der Waals surface area contributed by atoms with Gasteiger partial charge in [-0.25, -0.2) is 4.98 Å². The lowest BCUT2D eigenvalue weighted by Gasteiger charge is -2.09. The number of carbonyl (C=O) groups is 1. The van der Waals surface area contributed by atoms with Crippen molar-refractivity contribution >= 4 is 5.91 Å². The van der Waals surface area contributed by atoms with Gasteiger partial charge in [-0.05, 0) is 24.6 Å². The Labute approximate surface area is 163 Å². The van der Waals surface area contributed by atoms with Crippen molar-refractivity contribution in [1.82, 2.24) is 15.5 Å². The molecule has 1 aromatic carbocycles. The molecule has 7 nitrogen and oxygen atoms in total. The summed E-state index contributed by atoms with van der Waals surface area (Å²) >= 11 is 0. The fourth-order valence-corrected chi connectivity index (χ4v) is 2.69. The summed E-state index contributed by atoms with van der Waals surface area (Å²) < 4.78 is 16.2. The van der Waals surface area contributed by atoms with E-state index in [2.05, 4.69) is 15.5 Å². The van der Waals surface area contributed by atoms with Crippen LogP contribution in [0.4, 0.5) is 0 Å². The average molecular weight is 381 g/mol. The third kappa shape index (κ3) is 4.49. The molecule has 0 spiro atoms. The maximum Gasteiger partial charge on any atom is 0.257 e. The number of nitrogens with one attached hydrogen (secondary N) is 1. The molecule has 1 N–H and O–H groups in total. The number of hydrogen-bond donors (Lipinski definition) is 1. The highest BCUT2D eigenvalue weighted by molar-refractivity contribution is 5.96. The first kappa shape index (κ1) is 19.4. The molecular weight excluding hydrogens is 358 g/mol. The molecule has 2 aromatic heterocycles. The molecule has 0 unspecified atom stereocenters. The van der Waals surface area contributed by atoms with Gasteiger partial charge in [0.1, 0.15) is 17.1 Å². The van der Waals surface area contributed by atoms with Gasteiger partial charge >= 0.3 is 0 Å². The Bertz CT molecular complexity index is 949. The van der Waals surface area contributed by atoms with Crippen LogP contribution in [-0.4, -0.2) is 23.2 Å². The maximum atomic E-state index is 12.5. The number of ether oxygens (including phenoxy) is 2. The van der Waals surface area contributed by atoms with Crippen molar-refractivity contribution in [3.63, 3.8) is 0 Å². The molecule has 3 aromatic rings. The number of carbonyl (C=O) groups excluding carboxylic acids is 1. The van der Waals surface area contributed by atoms with Gasteiger partial charge in [0.25, 0.3) is 5.91 Å². The van der Waals surface area contributed by atoms with Crippen molar-refractivity contribution in [2.75, 3.05) is 7.11 Å². The number of amides is 1. The van der Waals surface area contributed by atoms with Gasteiger partial charge in [-0.1, -0.05) is 31.1 Å². The second-order valence-corrected chi connectivity index (χ2v) is 6.63. The molecule has 0 bridgehead atoms. The smallest absolute Gasteiger partial charge is 0.257 e. The van der Waals surface area contributed by atoms with Crippen molar-refractivity contribution in [1.29, 1.82) is 0 Å². The summed E-state index contributed by atoms with van der Waals surface area (Å²) in [5, 5.41) is 6.79. The number of benzene rings is 1. The first-order chi connectivity index (χ1) is 13.5. The molecule has 1 amide bonds. The van der Waals surface area contributed by atoms with E-state index in [0.717, 1.165) is 5.56 Å². The molecule has 0 aliphatic rings. The molecule has 0 aliphatic heterocycles. The van der Waals surface area contributed by atoms with Gasteiger partial charge in [-0.2, -0.15) is 0 Å². The molecule has 3 rings (SSSR count). The van der Waals surface area contributed by atoms with Crippen LogP contribution in [0.1, 0.15) is 47.1 Å². The molecule has 0 radical (unpaired) electrons. The SMILES string of the molecule is COc1cccc(Oc2ccc(CNC(=O)c3c(C)noc3C(C)C)cn2)c1. The number of pyridine rings is 1. The van der Waals surface area contributed by atoms with Gasteiger partial charge < -0.3 is 19.3 Å². The van der Waals surface area contributed by atoms with Crippen LogP contribution in [0.3, 0.4) is 0 Å². The van der Waals surface area contributed by atoms with Gasteiger partial charge in [0, 0.05) is 30.8 Å². The van der Waals surface area contributed by atoms with Crippen LogP contribution in [0, 0.1) is 6.92 Å². The van der Waals surface area contributed by atoms with Crippen LogP contribution in [0.5, 0.6) is 17.4 Å². The van der Waals surface area contributed by atoms with E-state index in [1.165, 1.54) is 0 Å². The summed E-state index contributed by atoms with van der Waals surface area (Å²) in [6, 6.07) is 10.9. The van der Waals surface area contributed by atoms with Gasteiger partial charge in [0.15, 0.2) is 5.76 Å². The van der Waals surface area contributed by atoms with Crippen molar-refractivity contribution in [3.8, 4) is 17.4 Å². The van der Waals surface area contributed by atoms with Crippen LogP contribution in [-0.2, 0) is 6.54 Å². The highest BCUT2D eigenvalue weighted by Gasteiger charge is 2.22. The first-order valence-corrected chi connectivity index (χ1v) is 8.99. The van der Waals surface area contributed by atoms with Crippen LogP contribution in [0.25, 0.3) is 0 Å². The third-order valence-corrected chi connectivity index (χ3v) is 4.15. The summed E-state index contributed by atoms with van der Waals surface area (Å²) in [7, 11) is 1.60.